The first-order valence-electron chi connectivity index (χ1n) is 10.7. The standard InChI is InChI=1S/C26H26N2O5S/c1-18-4-12-24(13-5-18)34(30,31)28(16-19-6-9-22(32-2)10-7-19)17-21-14-20-8-11-23(33-3)15-25(20)27-26(21)29/h4-15H,16-17H2,1-3H3,(H,27,29). The van der Waals surface area contributed by atoms with E-state index in [0.29, 0.717) is 22.6 Å². The van der Waals surface area contributed by atoms with Crippen LogP contribution in [0.2, 0.25) is 0 Å². The lowest BCUT2D eigenvalue weighted by Gasteiger charge is -2.23. The van der Waals surface area contributed by atoms with Crippen LogP contribution in [0.15, 0.2) is 82.5 Å². The summed E-state index contributed by atoms with van der Waals surface area (Å²) in [6.07, 6.45) is 0. The van der Waals surface area contributed by atoms with Crippen LogP contribution in [0.5, 0.6) is 11.5 Å². The number of hydrogen-bond acceptors (Lipinski definition) is 5. The zero-order valence-electron chi connectivity index (χ0n) is 19.2. The Labute approximate surface area is 198 Å². The largest absolute Gasteiger partial charge is 0.497 e. The van der Waals surface area contributed by atoms with Gasteiger partial charge in [-0.25, -0.2) is 8.42 Å². The van der Waals surface area contributed by atoms with E-state index in [2.05, 4.69) is 4.98 Å². The molecule has 1 N–H and O–H groups in total. The van der Waals surface area contributed by atoms with Crippen LogP contribution in [0.3, 0.4) is 0 Å². The lowest BCUT2D eigenvalue weighted by molar-refractivity contribution is 0.398. The van der Waals surface area contributed by atoms with Gasteiger partial charge in [0.15, 0.2) is 0 Å². The van der Waals surface area contributed by atoms with Gasteiger partial charge in [0, 0.05) is 24.7 Å². The summed E-state index contributed by atoms with van der Waals surface area (Å²) in [6, 6.07) is 21.0. The number of hydrogen-bond donors (Lipinski definition) is 1. The van der Waals surface area contributed by atoms with Crippen molar-refractivity contribution in [2.45, 2.75) is 24.9 Å². The van der Waals surface area contributed by atoms with Gasteiger partial charge in [-0.3, -0.25) is 4.79 Å². The van der Waals surface area contributed by atoms with Gasteiger partial charge in [-0.2, -0.15) is 4.31 Å². The van der Waals surface area contributed by atoms with E-state index in [0.717, 1.165) is 16.5 Å². The highest BCUT2D eigenvalue weighted by molar-refractivity contribution is 7.89. The van der Waals surface area contributed by atoms with Crippen LogP contribution in [-0.4, -0.2) is 31.9 Å². The molecule has 4 aromatic rings. The summed E-state index contributed by atoms with van der Waals surface area (Å²) < 4.78 is 39.0. The summed E-state index contributed by atoms with van der Waals surface area (Å²) >= 11 is 0. The second-order valence-corrected chi connectivity index (χ2v) is 9.95. The van der Waals surface area contributed by atoms with Crippen LogP contribution < -0.4 is 15.0 Å². The van der Waals surface area contributed by atoms with Crippen molar-refractivity contribution in [3.63, 3.8) is 0 Å². The van der Waals surface area contributed by atoms with E-state index in [-0.39, 0.29) is 23.5 Å². The van der Waals surface area contributed by atoms with Crippen molar-refractivity contribution in [2.75, 3.05) is 14.2 Å². The normalized spacial score (nSPS) is 11.6. The summed E-state index contributed by atoms with van der Waals surface area (Å²) in [5.74, 6) is 1.30. The molecule has 34 heavy (non-hydrogen) atoms. The fraction of sp³-hybridized carbons (Fsp3) is 0.192. The molecule has 3 aromatic carbocycles. The van der Waals surface area contributed by atoms with Crippen molar-refractivity contribution in [2.24, 2.45) is 0 Å². The molecule has 0 amide bonds. The highest BCUT2D eigenvalue weighted by Crippen LogP contribution is 2.24. The quantitative estimate of drug-likeness (QED) is 0.409. The molecule has 0 radical (unpaired) electrons. The van der Waals surface area contributed by atoms with Gasteiger partial charge in [0.25, 0.3) is 5.56 Å². The maximum absolute atomic E-state index is 13.6. The third-order valence-corrected chi connectivity index (χ3v) is 7.46. The minimum atomic E-state index is -3.88. The molecule has 0 atom stereocenters. The van der Waals surface area contributed by atoms with Gasteiger partial charge in [-0.15, -0.1) is 0 Å². The topological polar surface area (TPSA) is 88.7 Å². The van der Waals surface area contributed by atoms with Crippen LogP contribution in [0.4, 0.5) is 0 Å². The van der Waals surface area contributed by atoms with Crippen molar-refractivity contribution < 1.29 is 17.9 Å². The molecule has 1 heterocycles. The van der Waals surface area contributed by atoms with E-state index in [9.17, 15) is 13.2 Å². The number of pyridine rings is 1. The summed E-state index contributed by atoms with van der Waals surface area (Å²) in [5.41, 5.74) is 2.36. The van der Waals surface area contributed by atoms with Crippen LogP contribution in [-0.2, 0) is 23.1 Å². The zero-order chi connectivity index (χ0) is 24.3. The Balaban J connectivity index is 1.74. The first kappa shape index (κ1) is 23.5. The highest BCUT2D eigenvalue weighted by Gasteiger charge is 2.26. The first-order chi connectivity index (χ1) is 16.3. The van der Waals surface area contributed by atoms with E-state index in [1.807, 2.05) is 25.1 Å². The van der Waals surface area contributed by atoms with Gasteiger partial charge in [0.05, 0.1) is 24.6 Å². The van der Waals surface area contributed by atoms with E-state index >= 15 is 0 Å². The molecular formula is C26H26N2O5S. The summed E-state index contributed by atoms with van der Waals surface area (Å²) in [6.45, 7) is 1.91. The smallest absolute Gasteiger partial charge is 0.252 e. The number of ether oxygens (including phenoxy) is 2. The molecule has 0 aliphatic rings. The fourth-order valence-electron chi connectivity index (χ4n) is 3.68. The highest BCUT2D eigenvalue weighted by atomic mass is 32.2. The molecule has 0 saturated heterocycles. The Hall–Kier alpha value is -3.62. The Morgan fingerprint density at radius 3 is 2.12 bits per heavy atom. The number of nitrogens with zero attached hydrogens (tertiary/aromatic N) is 1. The second-order valence-electron chi connectivity index (χ2n) is 8.01. The van der Waals surface area contributed by atoms with Crippen LogP contribution in [0.25, 0.3) is 10.9 Å². The average molecular weight is 479 g/mol. The number of H-pyrrole nitrogens is 1. The van der Waals surface area contributed by atoms with Crippen LogP contribution >= 0.6 is 0 Å². The molecule has 0 bridgehead atoms. The minimum Gasteiger partial charge on any atom is -0.497 e. The molecule has 7 nitrogen and oxygen atoms in total. The molecule has 0 spiro atoms. The number of aromatic nitrogens is 1. The average Bonchev–Trinajstić information content (AvgIpc) is 2.84. The van der Waals surface area contributed by atoms with Crippen molar-refractivity contribution >= 4 is 20.9 Å². The molecule has 176 valence electrons. The molecule has 0 aliphatic heterocycles. The van der Waals surface area contributed by atoms with E-state index in [1.54, 1.807) is 68.8 Å². The number of nitrogens with one attached hydrogen (secondary N) is 1. The maximum Gasteiger partial charge on any atom is 0.252 e. The van der Waals surface area contributed by atoms with E-state index in [4.69, 9.17) is 9.47 Å². The lowest BCUT2D eigenvalue weighted by Crippen LogP contribution is -2.32. The number of benzene rings is 3. The van der Waals surface area contributed by atoms with Crippen molar-refractivity contribution in [3.05, 3.63) is 99.8 Å². The molecule has 0 aliphatic carbocycles. The molecule has 1 aromatic heterocycles. The zero-order valence-corrected chi connectivity index (χ0v) is 20.1. The van der Waals surface area contributed by atoms with E-state index < -0.39 is 10.0 Å². The number of rotatable bonds is 8. The lowest BCUT2D eigenvalue weighted by atomic mass is 10.1. The first-order valence-corrected chi connectivity index (χ1v) is 12.1. The van der Waals surface area contributed by atoms with Crippen molar-refractivity contribution in [1.82, 2.24) is 9.29 Å². The van der Waals surface area contributed by atoms with Gasteiger partial charge >= 0.3 is 0 Å². The molecule has 0 fully saturated rings. The molecule has 0 saturated carbocycles. The fourth-order valence-corrected chi connectivity index (χ4v) is 5.09. The third kappa shape index (κ3) is 4.98. The summed E-state index contributed by atoms with van der Waals surface area (Å²) in [4.78, 5) is 15.9. The maximum atomic E-state index is 13.6. The van der Waals surface area contributed by atoms with Crippen LogP contribution in [0.1, 0.15) is 16.7 Å². The molecule has 4 rings (SSSR count). The van der Waals surface area contributed by atoms with Gasteiger partial charge in [-0.05, 0) is 60.3 Å². The van der Waals surface area contributed by atoms with Gasteiger partial charge in [0.1, 0.15) is 11.5 Å². The third-order valence-electron chi connectivity index (χ3n) is 5.65. The number of aromatic amines is 1. The number of fused-ring (bicyclic) bond motifs is 1. The number of aryl methyl sites for hydroxylation is 1. The summed E-state index contributed by atoms with van der Waals surface area (Å²) in [5, 5.41) is 0.785. The SMILES string of the molecule is COc1ccc(CN(Cc2cc3ccc(OC)cc3[nH]c2=O)S(=O)(=O)c2ccc(C)cc2)cc1. The van der Waals surface area contributed by atoms with Gasteiger partial charge in [0.2, 0.25) is 10.0 Å². The van der Waals surface area contributed by atoms with Crippen molar-refractivity contribution in [3.8, 4) is 11.5 Å². The summed E-state index contributed by atoms with van der Waals surface area (Å²) in [7, 11) is -0.751. The van der Waals surface area contributed by atoms with Crippen LogP contribution in [0, 0.1) is 6.92 Å². The monoisotopic (exact) mass is 478 g/mol. The molecule has 0 unspecified atom stereocenters. The number of methoxy groups -OCH3 is 2. The number of sulfonamides is 1. The predicted molar refractivity (Wildman–Crippen MR) is 132 cm³/mol. The van der Waals surface area contributed by atoms with Gasteiger partial charge in [-0.1, -0.05) is 29.8 Å². The second kappa shape index (κ2) is 9.70. The van der Waals surface area contributed by atoms with Gasteiger partial charge < -0.3 is 14.5 Å². The van der Waals surface area contributed by atoms with E-state index in [1.165, 1.54) is 4.31 Å². The predicted octanol–water partition coefficient (Wildman–Crippen LogP) is 4.24. The Morgan fingerprint density at radius 2 is 1.47 bits per heavy atom. The Morgan fingerprint density at radius 1 is 0.824 bits per heavy atom. The Kier molecular flexibility index (Phi) is 6.72. The Bertz CT molecular complexity index is 1460. The molecular weight excluding hydrogens is 452 g/mol. The van der Waals surface area contributed by atoms with Crippen molar-refractivity contribution in [1.29, 1.82) is 0 Å². The molecule has 8 heteroatoms. The minimum absolute atomic E-state index is 0.0838.